The molecule has 3 saturated heterocycles. The Bertz CT molecular complexity index is 1030. The van der Waals surface area contributed by atoms with Gasteiger partial charge in [0.1, 0.15) is 17.2 Å². The molecular formula is C22H30N8OS. The van der Waals surface area contributed by atoms with Crippen molar-refractivity contribution in [1.82, 2.24) is 38.8 Å². The van der Waals surface area contributed by atoms with Gasteiger partial charge in [-0.15, -0.1) is 0 Å². The molecule has 2 spiro atoms. The molecule has 0 radical (unpaired) electrons. The smallest absolute Gasteiger partial charge is 0.320 e. The molecule has 0 N–H and O–H groups in total. The molecule has 170 valence electrons. The van der Waals surface area contributed by atoms with E-state index in [1.807, 2.05) is 6.33 Å². The number of rotatable bonds is 5. The summed E-state index contributed by atoms with van der Waals surface area (Å²) in [6.07, 6.45) is 7.58. The number of amides is 2. The summed E-state index contributed by atoms with van der Waals surface area (Å²) in [5.41, 5.74) is 0.658. The molecule has 5 fully saturated rings. The Morgan fingerprint density at radius 1 is 1.09 bits per heavy atom. The van der Waals surface area contributed by atoms with E-state index in [1.54, 1.807) is 0 Å². The third kappa shape index (κ3) is 3.09. The molecule has 7 rings (SSSR count). The number of carbonyl (C=O) groups is 1. The average Bonchev–Trinajstić information content (AvgIpc) is 3.22. The van der Waals surface area contributed by atoms with Gasteiger partial charge in [-0.2, -0.15) is 9.47 Å². The fourth-order valence-electron chi connectivity index (χ4n) is 6.28. The van der Waals surface area contributed by atoms with Crippen LogP contribution in [0.15, 0.2) is 6.33 Å². The Morgan fingerprint density at radius 3 is 2.47 bits per heavy atom. The van der Waals surface area contributed by atoms with Gasteiger partial charge in [0.25, 0.3) is 0 Å². The maximum atomic E-state index is 12.9. The van der Waals surface area contributed by atoms with E-state index < -0.39 is 0 Å². The van der Waals surface area contributed by atoms with Gasteiger partial charge in [0.15, 0.2) is 5.82 Å². The number of likely N-dealkylation sites (tertiary alicyclic amines) is 3. The van der Waals surface area contributed by atoms with Crippen LogP contribution in [0.1, 0.15) is 61.2 Å². The first-order valence-corrected chi connectivity index (χ1v) is 12.8. The summed E-state index contributed by atoms with van der Waals surface area (Å²) in [6.45, 7) is 8.79. The largest absolute Gasteiger partial charge is 0.323 e. The standard InChI is InChI=1S/C22H30N8OS/c1-2-17-24-18(32-26-17)7-27-8-22(9-27)12-29(13-22)20(31)28-10-21(11-28)5-16(6-21)30-14-23-19(25-30)15-3-4-15/h14-16H,2-13H2,1H3. The highest BCUT2D eigenvalue weighted by Gasteiger charge is 2.58. The molecule has 2 aromatic rings. The highest BCUT2D eigenvalue weighted by Crippen LogP contribution is 2.54. The number of nitrogens with zero attached hydrogens (tertiary/aromatic N) is 8. The van der Waals surface area contributed by atoms with E-state index in [2.05, 4.69) is 40.6 Å². The summed E-state index contributed by atoms with van der Waals surface area (Å²) in [4.78, 5) is 28.5. The summed E-state index contributed by atoms with van der Waals surface area (Å²) >= 11 is 1.53. The number of carbonyl (C=O) groups excluding carboxylic acids is 1. The Kier molecular flexibility index (Phi) is 4.08. The zero-order chi connectivity index (χ0) is 21.5. The molecule has 2 aliphatic carbocycles. The van der Waals surface area contributed by atoms with Gasteiger partial charge in [-0.3, -0.25) is 4.90 Å². The topological polar surface area (TPSA) is 83.3 Å². The van der Waals surface area contributed by atoms with Gasteiger partial charge >= 0.3 is 6.03 Å². The molecule has 2 aromatic heterocycles. The van der Waals surface area contributed by atoms with Crippen LogP contribution in [-0.2, 0) is 13.0 Å². The van der Waals surface area contributed by atoms with Gasteiger partial charge in [0.05, 0.1) is 12.6 Å². The lowest BCUT2D eigenvalue weighted by molar-refractivity contribution is -0.120. The van der Waals surface area contributed by atoms with Crippen LogP contribution in [0.3, 0.4) is 0 Å². The molecule has 32 heavy (non-hydrogen) atoms. The van der Waals surface area contributed by atoms with E-state index in [-0.39, 0.29) is 6.03 Å². The molecule has 0 unspecified atom stereocenters. The SMILES string of the molecule is CCc1nsc(CN2CC3(C2)CN(C(=O)N2CC4(CC(n5cnc(C6CC6)n5)C4)C2)C3)n1. The van der Waals surface area contributed by atoms with Gasteiger partial charge in [-0.1, -0.05) is 6.92 Å². The monoisotopic (exact) mass is 454 g/mol. The molecule has 5 aliphatic rings. The van der Waals surface area contributed by atoms with Gasteiger partial charge in [-0.25, -0.2) is 19.4 Å². The minimum Gasteiger partial charge on any atom is -0.323 e. The number of hydrogen-bond acceptors (Lipinski definition) is 7. The van der Waals surface area contributed by atoms with Crippen molar-refractivity contribution in [3.63, 3.8) is 0 Å². The summed E-state index contributed by atoms with van der Waals surface area (Å²) in [6, 6.07) is 0.721. The predicted octanol–water partition coefficient (Wildman–Crippen LogP) is 2.14. The van der Waals surface area contributed by atoms with Crippen LogP contribution in [0, 0.1) is 10.8 Å². The fraction of sp³-hybridized carbons (Fsp3) is 0.773. The first-order chi connectivity index (χ1) is 15.5. The zero-order valence-electron chi connectivity index (χ0n) is 18.6. The molecule has 3 aliphatic heterocycles. The lowest BCUT2D eigenvalue weighted by Gasteiger charge is -2.63. The number of urea groups is 1. The lowest BCUT2D eigenvalue weighted by atomic mass is 9.60. The Morgan fingerprint density at radius 2 is 1.81 bits per heavy atom. The summed E-state index contributed by atoms with van der Waals surface area (Å²) in [7, 11) is 0. The quantitative estimate of drug-likeness (QED) is 0.688. The van der Waals surface area contributed by atoms with Crippen LogP contribution in [-0.4, -0.2) is 84.1 Å². The van der Waals surface area contributed by atoms with Crippen LogP contribution in [0.2, 0.25) is 0 Å². The number of aryl methyl sites for hydroxylation is 1. The van der Waals surface area contributed by atoms with Crippen molar-refractivity contribution < 1.29 is 4.79 Å². The third-order valence-electron chi connectivity index (χ3n) is 8.13. The van der Waals surface area contributed by atoms with E-state index in [0.29, 0.717) is 22.8 Å². The molecule has 0 aromatic carbocycles. The Hall–Kier alpha value is -2.07. The van der Waals surface area contributed by atoms with E-state index >= 15 is 0 Å². The van der Waals surface area contributed by atoms with Crippen molar-refractivity contribution in [2.45, 2.75) is 57.5 Å². The van der Waals surface area contributed by atoms with Crippen LogP contribution in [0.5, 0.6) is 0 Å². The van der Waals surface area contributed by atoms with E-state index in [0.717, 1.165) is 81.7 Å². The van der Waals surface area contributed by atoms with Crippen molar-refractivity contribution in [3.8, 4) is 0 Å². The summed E-state index contributed by atoms with van der Waals surface area (Å²) in [5, 5.41) is 5.81. The molecule has 0 bridgehead atoms. The van der Waals surface area contributed by atoms with Crippen LogP contribution < -0.4 is 0 Å². The van der Waals surface area contributed by atoms with Crippen LogP contribution in [0.25, 0.3) is 0 Å². The lowest BCUT2D eigenvalue weighted by Crippen LogP contribution is -2.75. The molecule has 5 heterocycles. The molecule has 10 heteroatoms. The predicted molar refractivity (Wildman–Crippen MR) is 118 cm³/mol. The normalized spacial score (nSPS) is 26.0. The second kappa shape index (κ2) is 6.72. The first kappa shape index (κ1) is 19.4. The fourth-order valence-corrected chi connectivity index (χ4v) is 7.05. The van der Waals surface area contributed by atoms with Crippen molar-refractivity contribution in [3.05, 3.63) is 23.0 Å². The van der Waals surface area contributed by atoms with Crippen LogP contribution >= 0.6 is 11.5 Å². The van der Waals surface area contributed by atoms with E-state index in [9.17, 15) is 4.79 Å². The molecule has 9 nitrogen and oxygen atoms in total. The van der Waals surface area contributed by atoms with Crippen LogP contribution in [0.4, 0.5) is 4.79 Å². The van der Waals surface area contributed by atoms with Gasteiger partial charge in [-0.05, 0) is 37.2 Å². The van der Waals surface area contributed by atoms with Crippen molar-refractivity contribution in [2.24, 2.45) is 10.8 Å². The maximum Gasteiger partial charge on any atom is 0.320 e. The van der Waals surface area contributed by atoms with Crippen molar-refractivity contribution >= 4 is 17.6 Å². The molecular weight excluding hydrogens is 424 g/mol. The Labute approximate surface area is 192 Å². The van der Waals surface area contributed by atoms with E-state index in [1.165, 1.54) is 24.4 Å². The second-order valence-electron chi connectivity index (χ2n) is 11.0. The van der Waals surface area contributed by atoms with Gasteiger partial charge < -0.3 is 9.80 Å². The van der Waals surface area contributed by atoms with E-state index in [4.69, 9.17) is 5.10 Å². The molecule has 2 saturated carbocycles. The van der Waals surface area contributed by atoms with Crippen molar-refractivity contribution in [1.29, 1.82) is 0 Å². The average molecular weight is 455 g/mol. The molecule has 0 atom stereocenters. The zero-order valence-corrected chi connectivity index (χ0v) is 19.4. The summed E-state index contributed by atoms with van der Waals surface area (Å²) in [5.74, 6) is 2.60. The third-order valence-corrected chi connectivity index (χ3v) is 8.86. The van der Waals surface area contributed by atoms with Gasteiger partial charge in [0.2, 0.25) is 0 Å². The minimum atomic E-state index is 0.247. The second-order valence-corrected chi connectivity index (χ2v) is 11.9. The highest BCUT2D eigenvalue weighted by molar-refractivity contribution is 7.05. The van der Waals surface area contributed by atoms with Gasteiger partial charge in [0, 0.05) is 62.4 Å². The highest BCUT2D eigenvalue weighted by atomic mass is 32.1. The first-order valence-electron chi connectivity index (χ1n) is 12.0. The van der Waals surface area contributed by atoms with Crippen molar-refractivity contribution in [2.75, 3.05) is 39.3 Å². The molecule has 2 amide bonds. The Balaban J connectivity index is 0.849. The number of hydrogen-bond donors (Lipinski definition) is 0. The maximum absolute atomic E-state index is 12.9. The number of aromatic nitrogens is 5. The minimum absolute atomic E-state index is 0.247. The summed E-state index contributed by atoms with van der Waals surface area (Å²) < 4.78 is 6.46.